The molecule has 2 unspecified atom stereocenters. The molecule has 0 fully saturated rings. The Morgan fingerprint density at radius 1 is 1.07 bits per heavy atom. The van der Waals surface area contributed by atoms with Gasteiger partial charge in [-0.25, -0.2) is 4.79 Å². The summed E-state index contributed by atoms with van der Waals surface area (Å²) in [7, 11) is 1.15. The molecule has 0 spiro atoms. The maximum absolute atomic E-state index is 11.6. The number of rotatable bonds is 10. The topological polar surface area (TPSA) is 90.9 Å². The largest absolute Gasteiger partial charge is 0.490 e. The zero-order valence-electron chi connectivity index (χ0n) is 16.4. The van der Waals surface area contributed by atoms with Crippen LogP contribution in [0.3, 0.4) is 0 Å². The van der Waals surface area contributed by atoms with Gasteiger partial charge in [0.05, 0.1) is 25.7 Å². The first-order chi connectivity index (χ1) is 12.9. The molecule has 27 heavy (non-hydrogen) atoms. The number of carbonyl (C=O) groups excluding carboxylic acids is 3. The Morgan fingerprint density at radius 3 is 2.30 bits per heavy atom. The van der Waals surface area contributed by atoms with Crippen molar-refractivity contribution in [3.8, 4) is 5.75 Å². The Balaban J connectivity index is 2.47. The van der Waals surface area contributed by atoms with Gasteiger partial charge in [0.1, 0.15) is 5.75 Å². The molecule has 2 atom stereocenters. The molecule has 0 aliphatic rings. The molecule has 7 heteroatoms. The Morgan fingerprint density at radius 2 is 1.74 bits per heavy atom. The monoisotopic (exact) mass is 379 g/mol. The number of amides is 1. The van der Waals surface area contributed by atoms with Crippen molar-refractivity contribution < 1.29 is 28.6 Å². The highest BCUT2D eigenvalue weighted by Crippen LogP contribution is 2.21. The summed E-state index contributed by atoms with van der Waals surface area (Å²) in [6.45, 7) is 6.13. The quantitative estimate of drug-likeness (QED) is 0.495. The van der Waals surface area contributed by atoms with E-state index < -0.39 is 11.9 Å². The maximum Gasteiger partial charge on any atom is 0.396 e. The summed E-state index contributed by atoms with van der Waals surface area (Å²) in [5.74, 6) is -1.36. The van der Waals surface area contributed by atoms with E-state index in [-0.39, 0.29) is 18.0 Å². The van der Waals surface area contributed by atoms with Gasteiger partial charge in [-0.3, -0.25) is 9.59 Å². The number of esters is 2. The fourth-order valence-electron chi connectivity index (χ4n) is 2.48. The third kappa shape index (κ3) is 8.11. The van der Waals surface area contributed by atoms with Gasteiger partial charge in [-0.2, -0.15) is 0 Å². The van der Waals surface area contributed by atoms with Gasteiger partial charge in [0.25, 0.3) is 0 Å². The molecule has 1 N–H and O–H groups in total. The number of methoxy groups -OCH3 is 1. The maximum atomic E-state index is 11.6. The standard InChI is InChI=1S/C20H29NO6/c1-5-16(9-7-8-14(3)19(23)26-6-2)27-17-12-10-15(11-13-17)21-18(22)20(24)25-4/h10-14,16H,5-9H2,1-4H3,(H,21,22). The van der Waals surface area contributed by atoms with Crippen molar-refractivity contribution >= 4 is 23.5 Å². The molecule has 7 nitrogen and oxygen atoms in total. The van der Waals surface area contributed by atoms with Crippen LogP contribution >= 0.6 is 0 Å². The molecule has 0 heterocycles. The number of hydrogen-bond donors (Lipinski definition) is 1. The van der Waals surface area contributed by atoms with Gasteiger partial charge in [-0.15, -0.1) is 0 Å². The second kappa shape index (κ2) is 11.9. The lowest BCUT2D eigenvalue weighted by Gasteiger charge is -2.18. The van der Waals surface area contributed by atoms with E-state index in [1.54, 1.807) is 31.2 Å². The van der Waals surface area contributed by atoms with Crippen LogP contribution in [0.15, 0.2) is 24.3 Å². The van der Waals surface area contributed by atoms with Crippen molar-refractivity contribution in [1.82, 2.24) is 0 Å². The molecule has 1 rings (SSSR count). The minimum atomic E-state index is -0.946. The highest BCUT2D eigenvalue weighted by Gasteiger charge is 2.16. The van der Waals surface area contributed by atoms with Crippen molar-refractivity contribution in [3.05, 3.63) is 24.3 Å². The summed E-state index contributed by atoms with van der Waals surface area (Å²) in [4.78, 5) is 34.2. The van der Waals surface area contributed by atoms with Gasteiger partial charge in [0, 0.05) is 5.69 Å². The molecule has 0 radical (unpaired) electrons. The van der Waals surface area contributed by atoms with Crippen LogP contribution in [0, 0.1) is 5.92 Å². The molecule has 150 valence electrons. The molecule has 0 aromatic heterocycles. The van der Waals surface area contributed by atoms with Crippen molar-refractivity contribution in [2.45, 2.75) is 52.6 Å². The van der Waals surface area contributed by atoms with E-state index in [9.17, 15) is 14.4 Å². The first-order valence-corrected chi connectivity index (χ1v) is 9.23. The average molecular weight is 379 g/mol. The predicted octanol–water partition coefficient (Wildman–Crippen LogP) is 3.33. The summed E-state index contributed by atoms with van der Waals surface area (Å²) in [6.07, 6.45) is 3.34. The van der Waals surface area contributed by atoms with Crippen molar-refractivity contribution in [2.24, 2.45) is 5.92 Å². The summed E-state index contributed by atoms with van der Waals surface area (Å²) < 4.78 is 15.3. The third-order valence-corrected chi connectivity index (χ3v) is 4.09. The van der Waals surface area contributed by atoms with Crippen LogP contribution in [0.1, 0.15) is 46.5 Å². The van der Waals surface area contributed by atoms with E-state index in [4.69, 9.17) is 9.47 Å². The molecule has 0 saturated carbocycles. The average Bonchev–Trinajstić information content (AvgIpc) is 2.67. The molecular formula is C20H29NO6. The Hall–Kier alpha value is -2.57. The van der Waals surface area contributed by atoms with Crippen LogP contribution in [-0.4, -0.2) is 37.7 Å². The number of ether oxygens (including phenoxy) is 3. The first kappa shape index (κ1) is 22.5. The van der Waals surface area contributed by atoms with E-state index >= 15 is 0 Å². The minimum absolute atomic E-state index is 0.0369. The lowest BCUT2D eigenvalue weighted by atomic mass is 10.0. The van der Waals surface area contributed by atoms with Crippen molar-refractivity contribution in [1.29, 1.82) is 0 Å². The van der Waals surface area contributed by atoms with E-state index in [0.29, 0.717) is 18.0 Å². The Labute approximate surface area is 160 Å². The number of nitrogens with one attached hydrogen (secondary N) is 1. The highest BCUT2D eigenvalue weighted by molar-refractivity contribution is 6.37. The van der Waals surface area contributed by atoms with E-state index in [1.807, 2.05) is 13.8 Å². The number of anilines is 1. The van der Waals surface area contributed by atoms with Crippen LogP contribution in [0.4, 0.5) is 5.69 Å². The van der Waals surface area contributed by atoms with Crippen LogP contribution in [0.5, 0.6) is 5.75 Å². The van der Waals surface area contributed by atoms with Crippen LogP contribution < -0.4 is 10.1 Å². The molecule has 1 amide bonds. The predicted molar refractivity (Wildman–Crippen MR) is 101 cm³/mol. The molecular weight excluding hydrogens is 350 g/mol. The number of benzene rings is 1. The molecule has 1 aromatic carbocycles. The van der Waals surface area contributed by atoms with Gasteiger partial charge in [0.2, 0.25) is 0 Å². The minimum Gasteiger partial charge on any atom is -0.490 e. The molecule has 1 aromatic rings. The van der Waals surface area contributed by atoms with Gasteiger partial charge < -0.3 is 19.5 Å². The van der Waals surface area contributed by atoms with Gasteiger partial charge in [-0.1, -0.05) is 13.8 Å². The molecule has 0 bridgehead atoms. The normalized spacial score (nSPS) is 12.6. The summed E-state index contributed by atoms with van der Waals surface area (Å²) in [5, 5.41) is 2.44. The Kier molecular flexibility index (Phi) is 9.93. The second-order valence-electron chi connectivity index (χ2n) is 6.20. The van der Waals surface area contributed by atoms with Crippen molar-refractivity contribution in [2.75, 3.05) is 19.0 Å². The SMILES string of the molecule is CCOC(=O)C(C)CCCC(CC)Oc1ccc(NC(=O)C(=O)OC)cc1. The zero-order chi connectivity index (χ0) is 20.2. The van der Waals surface area contributed by atoms with Gasteiger partial charge in [-0.05, 0) is 56.9 Å². The second-order valence-corrected chi connectivity index (χ2v) is 6.20. The molecule has 0 aliphatic heterocycles. The number of carbonyl (C=O) groups is 3. The molecule has 0 saturated heterocycles. The fraction of sp³-hybridized carbons (Fsp3) is 0.550. The first-order valence-electron chi connectivity index (χ1n) is 9.23. The lowest BCUT2D eigenvalue weighted by Crippen LogP contribution is -2.23. The van der Waals surface area contributed by atoms with E-state index in [1.165, 1.54) is 0 Å². The van der Waals surface area contributed by atoms with E-state index in [0.717, 1.165) is 32.8 Å². The summed E-state index contributed by atoms with van der Waals surface area (Å²) in [6, 6.07) is 6.78. The van der Waals surface area contributed by atoms with Crippen LogP contribution in [0.25, 0.3) is 0 Å². The molecule has 0 aliphatic carbocycles. The highest BCUT2D eigenvalue weighted by atomic mass is 16.5. The number of hydrogen-bond acceptors (Lipinski definition) is 6. The van der Waals surface area contributed by atoms with Crippen LogP contribution in [-0.2, 0) is 23.9 Å². The summed E-state index contributed by atoms with van der Waals surface area (Å²) >= 11 is 0. The third-order valence-electron chi connectivity index (χ3n) is 4.09. The summed E-state index contributed by atoms with van der Waals surface area (Å²) in [5.41, 5.74) is 0.481. The Bertz CT molecular complexity index is 613. The van der Waals surface area contributed by atoms with Gasteiger partial charge in [0.15, 0.2) is 0 Å². The zero-order valence-corrected chi connectivity index (χ0v) is 16.4. The van der Waals surface area contributed by atoms with E-state index in [2.05, 4.69) is 10.1 Å². The lowest BCUT2D eigenvalue weighted by molar-refractivity contribution is -0.150. The van der Waals surface area contributed by atoms with Crippen molar-refractivity contribution in [3.63, 3.8) is 0 Å². The smallest absolute Gasteiger partial charge is 0.396 e. The van der Waals surface area contributed by atoms with Gasteiger partial charge >= 0.3 is 17.8 Å². The fourth-order valence-corrected chi connectivity index (χ4v) is 2.48. The van der Waals surface area contributed by atoms with Crippen LogP contribution in [0.2, 0.25) is 0 Å².